The van der Waals surface area contributed by atoms with Gasteiger partial charge in [0.1, 0.15) is 0 Å². The number of nitrogens with two attached hydrogens (primary N) is 1. The van der Waals surface area contributed by atoms with Gasteiger partial charge in [0.05, 0.1) is 18.8 Å². The molecule has 0 bridgehead atoms. The Morgan fingerprint density at radius 1 is 1.50 bits per heavy atom. The molecular weight excluding hydrogens is 204 g/mol. The van der Waals surface area contributed by atoms with Crippen molar-refractivity contribution in [3.63, 3.8) is 0 Å². The van der Waals surface area contributed by atoms with E-state index in [1.54, 1.807) is 0 Å². The van der Waals surface area contributed by atoms with Crippen LogP contribution in [0.3, 0.4) is 0 Å². The Bertz CT molecular complexity index is 203. The highest BCUT2D eigenvalue weighted by molar-refractivity contribution is 5.81. The fraction of sp³-hybridized carbons (Fsp3) is 0.917. The van der Waals surface area contributed by atoms with Crippen LogP contribution < -0.4 is 11.1 Å². The number of rotatable bonds is 7. The normalized spacial score (nSPS) is 18.6. The van der Waals surface area contributed by atoms with Crippen molar-refractivity contribution >= 4 is 5.91 Å². The predicted octanol–water partition coefficient (Wildman–Crippen LogP) is 1.19. The molecule has 1 fully saturated rings. The average Bonchev–Trinajstić information content (AvgIpc) is 2.77. The molecule has 1 aliphatic carbocycles. The molecule has 0 aromatic heterocycles. The number of carbonyl (C=O) groups excluding carboxylic acids is 1. The Balaban J connectivity index is 1.99. The lowest BCUT2D eigenvalue weighted by Crippen LogP contribution is -2.41. The minimum Gasteiger partial charge on any atom is -0.376 e. The lowest BCUT2D eigenvalue weighted by atomic mass is 10.2. The Kier molecular flexibility index (Phi) is 6.42. The van der Waals surface area contributed by atoms with Crippen LogP contribution in [-0.2, 0) is 9.53 Å². The summed E-state index contributed by atoms with van der Waals surface area (Å²) < 4.78 is 5.64. The van der Waals surface area contributed by atoms with E-state index in [-0.39, 0.29) is 11.9 Å². The van der Waals surface area contributed by atoms with E-state index < -0.39 is 0 Å². The summed E-state index contributed by atoms with van der Waals surface area (Å²) in [4.78, 5) is 11.4. The minimum atomic E-state index is -0.364. The quantitative estimate of drug-likeness (QED) is 0.643. The van der Waals surface area contributed by atoms with Crippen LogP contribution in [-0.4, -0.2) is 31.2 Å². The molecule has 0 aromatic carbocycles. The van der Waals surface area contributed by atoms with Crippen molar-refractivity contribution in [2.75, 3.05) is 13.2 Å². The molecule has 1 aliphatic rings. The number of hydrogen-bond donors (Lipinski definition) is 2. The van der Waals surface area contributed by atoms with Gasteiger partial charge in [-0.25, -0.2) is 0 Å². The number of carbonyl (C=O) groups is 1. The first-order valence-corrected chi connectivity index (χ1v) is 6.39. The molecule has 0 radical (unpaired) electrons. The molecule has 0 spiro atoms. The Morgan fingerprint density at radius 3 is 2.81 bits per heavy atom. The first-order valence-electron chi connectivity index (χ1n) is 6.39. The van der Waals surface area contributed by atoms with E-state index >= 15 is 0 Å². The maximum atomic E-state index is 11.4. The topological polar surface area (TPSA) is 64.4 Å². The molecule has 1 rings (SSSR count). The van der Waals surface area contributed by atoms with Crippen molar-refractivity contribution in [3.05, 3.63) is 0 Å². The lowest BCUT2D eigenvalue weighted by Gasteiger charge is -2.13. The summed E-state index contributed by atoms with van der Waals surface area (Å²) in [5, 5.41) is 2.80. The van der Waals surface area contributed by atoms with Gasteiger partial charge >= 0.3 is 0 Å². The summed E-state index contributed by atoms with van der Waals surface area (Å²) >= 11 is 0. The fourth-order valence-electron chi connectivity index (χ4n) is 2.03. The van der Waals surface area contributed by atoms with E-state index in [0.717, 1.165) is 12.8 Å². The van der Waals surface area contributed by atoms with Gasteiger partial charge in [0.15, 0.2) is 0 Å². The van der Waals surface area contributed by atoms with Crippen LogP contribution in [0.5, 0.6) is 0 Å². The molecule has 0 saturated heterocycles. The predicted molar refractivity (Wildman–Crippen MR) is 64.1 cm³/mol. The molecule has 0 unspecified atom stereocenters. The summed E-state index contributed by atoms with van der Waals surface area (Å²) in [5.41, 5.74) is 5.68. The smallest absolute Gasteiger partial charge is 0.236 e. The van der Waals surface area contributed by atoms with Gasteiger partial charge in [-0.2, -0.15) is 0 Å². The zero-order valence-electron chi connectivity index (χ0n) is 10.2. The second-order valence-corrected chi connectivity index (χ2v) is 4.46. The number of nitrogens with one attached hydrogen (secondary N) is 1. The van der Waals surface area contributed by atoms with Gasteiger partial charge in [-0.15, -0.1) is 0 Å². The maximum absolute atomic E-state index is 11.4. The van der Waals surface area contributed by atoms with Crippen molar-refractivity contribution in [1.29, 1.82) is 0 Å². The lowest BCUT2D eigenvalue weighted by molar-refractivity contribution is -0.122. The minimum absolute atomic E-state index is 0.0585. The van der Waals surface area contributed by atoms with Crippen LogP contribution in [0.4, 0.5) is 0 Å². The maximum Gasteiger partial charge on any atom is 0.236 e. The van der Waals surface area contributed by atoms with Gasteiger partial charge in [-0.1, -0.05) is 26.2 Å². The number of hydrogen-bond acceptors (Lipinski definition) is 3. The van der Waals surface area contributed by atoms with E-state index in [9.17, 15) is 4.79 Å². The molecular formula is C12H24N2O2. The highest BCUT2D eigenvalue weighted by Gasteiger charge is 2.15. The monoisotopic (exact) mass is 228 g/mol. The van der Waals surface area contributed by atoms with E-state index in [4.69, 9.17) is 10.5 Å². The molecule has 0 aromatic rings. The fourth-order valence-corrected chi connectivity index (χ4v) is 2.03. The van der Waals surface area contributed by atoms with Gasteiger partial charge in [-0.3, -0.25) is 4.79 Å². The molecule has 0 aliphatic heterocycles. The molecule has 1 atom stereocenters. The highest BCUT2D eigenvalue weighted by atomic mass is 16.5. The molecule has 1 saturated carbocycles. The van der Waals surface area contributed by atoms with Crippen molar-refractivity contribution in [1.82, 2.24) is 5.32 Å². The van der Waals surface area contributed by atoms with Crippen LogP contribution in [0.25, 0.3) is 0 Å². The molecule has 16 heavy (non-hydrogen) atoms. The Morgan fingerprint density at radius 2 is 2.19 bits per heavy atom. The average molecular weight is 228 g/mol. The van der Waals surface area contributed by atoms with Crippen LogP contribution in [0.2, 0.25) is 0 Å². The summed E-state index contributed by atoms with van der Waals surface area (Å²) in [6.07, 6.45) is 6.99. The molecule has 94 valence electrons. The van der Waals surface area contributed by atoms with Crippen molar-refractivity contribution in [2.45, 2.75) is 57.6 Å². The highest BCUT2D eigenvalue weighted by Crippen LogP contribution is 2.20. The number of amides is 1. The Hall–Kier alpha value is -0.610. The van der Waals surface area contributed by atoms with Crippen molar-refractivity contribution < 1.29 is 9.53 Å². The summed E-state index contributed by atoms with van der Waals surface area (Å²) in [6, 6.07) is -0.364. The third kappa shape index (κ3) is 4.94. The third-order valence-electron chi connectivity index (χ3n) is 2.99. The molecule has 4 heteroatoms. The SMILES string of the molecule is CCC[C@H](N)C(=O)NCCOC1CCCC1. The summed E-state index contributed by atoms with van der Waals surface area (Å²) in [5.74, 6) is -0.0585. The van der Waals surface area contributed by atoms with Crippen molar-refractivity contribution in [3.8, 4) is 0 Å². The summed E-state index contributed by atoms with van der Waals surface area (Å²) in [7, 11) is 0. The van der Waals surface area contributed by atoms with Crippen LogP contribution in [0.15, 0.2) is 0 Å². The first kappa shape index (κ1) is 13.5. The molecule has 0 heterocycles. The van der Waals surface area contributed by atoms with E-state index in [1.807, 2.05) is 6.92 Å². The standard InChI is InChI=1S/C12H24N2O2/c1-2-5-11(13)12(15)14-8-9-16-10-6-3-4-7-10/h10-11H,2-9,13H2,1H3,(H,14,15)/t11-/m0/s1. The number of ether oxygens (including phenoxy) is 1. The van der Waals surface area contributed by atoms with Crippen LogP contribution in [0, 0.1) is 0 Å². The van der Waals surface area contributed by atoms with Crippen LogP contribution >= 0.6 is 0 Å². The third-order valence-corrected chi connectivity index (χ3v) is 2.99. The van der Waals surface area contributed by atoms with E-state index in [0.29, 0.717) is 19.3 Å². The van der Waals surface area contributed by atoms with Crippen molar-refractivity contribution in [2.24, 2.45) is 5.73 Å². The molecule has 3 N–H and O–H groups in total. The zero-order valence-corrected chi connectivity index (χ0v) is 10.2. The summed E-state index contributed by atoms with van der Waals surface area (Å²) in [6.45, 7) is 3.21. The van der Waals surface area contributed by atoms with Gasteiger partial charge in [0, 0.05) is 6.54 Å². The van der Waals surface area contributed by atoms with Crippen LogP contribution in [0.1, 0.15) is 45.4 Å². The van der Waals surface area contributed by atoms with E-state index in [2.05, 4.69) is 5.32 Å². The van der Waals surface area contributed by atoms with Gasteiger partial charge in [-0.05, 0) is 19.3 Å². The first-order chi connectivity index (χ1) is 7.74. The second-order valence-electron chi connectivity index (χ2n) is 4.46. The van der Waals surface area contributed by atoms with E-state index in [1.165, 1.54) is 25.7 Å². The Labute approximate surface area is 97.9 Å². The zero-order chi connectivity index (χ0) is 11.8. The molecule has 1 amide bonds. The van der Waals surface area contributed by atoms with Gasteiger partial charge < -0.3 is 15.8 Å². The van der Waals surface area contributed by atoms with Gasteiger partial charge in [0.2, 0.25) is 5.91 Å². The largest absolute Gasteiger partial charge is 0.376 e. The van der Waals surface area contributed by atoms with Gasteiger partial charge in [0.25, 0.3) is 0 Å². The second kappa shape index (κ2) is 7.63. The molecule has 4 nitrogen and oxygen atoms in total.